The lowest BCUT2D eigenvalue weighted by Crippen LogP contribution is -2.19. The van der Waals surface area contributed by atoms with E-state index in [2.05, 4.69) is 63.3 Å². The normalized spacial score (nSPS) is 11.2. The monoisotopic (exact) mass is 707 g/mol. The van der Waals surface area contributed by atoms with Crippen molar-refractivity contribution in [2.75, 3.05) is 0 Å². The molecule has 0 unspecified atom stereocenters. The van der Waals surface area contributed by atoms with Crippen molar-refractivity contribution >= 4 is 76.8 Å². The molecular weight excluding hydrogens is 690 g/mol. The zero-order chi connectivity index (χ0) is 27.5. The molecule has 2 N–H and O–H groups in total. The number of benzene rings is 4. The molecule has 0 spiro atoms. The number of esters is 1. The van der Waals surface area contributed by atoms with Crippen LogP contribution in [0, 0.1) is 6.92 Å². The van der Waals surface area contributed by atoms with E-state index in [4.69, 9.17) is 4.74 Å². The number of ether oxygens (including phenoxy) is 1. The summed E-state index contributed by atoms with van der Waals surface area (Å²) in [6.07, 6.45) is 1.44. The second-order valence-electron chi connectivity index (χ2n) is 8.70. The van der Waals surface area contributed by atoms with Gasteiger partial charge >= 0.3 is 5.97 Å². The third kappa shape index (κ3) is 6.06. The average molecular weight is 710 g/mol. The van der Waals surface area contributed by atoms with Crippen LogP contribution in [0.5, 0.6) is 5.75 Å². The number of hydrogen-bond acceptors (Lipinski definition) is 4. The summed E-state index contributed by atoms with van der Waals surface area (Å²) in [4.78, 5) is 29.4. The van der Waals surface area contributed by atoms with Crippen molar-refractivity contribution in [3.8, 4) is 16.9 Å². The summed E-state index contributed by atoms with van der Waals surface area (Å²) >= 11 is 10.5. The van der Waals surface area contributed by atoms with Crippen LogP contribution in [0.15, 0.2) is 103 Å². The molecular formula is C30H20Br3N3O3. The molecule has 5 aromatic rings. The largest absolute Gasteiger partial charge is 0.421 e. The average Bonchev–Trinajstić information content (AvgIpc) is 3.29. The maximum atomic E-state index is 13.3. The first-order valence-corrected chi connectivity index (χ1v) is 14.2. The molecule has 1 heterocycles. The zero-order valence-electron chi connectivity index (χ0n) is 20.5. The van der Waals surface area contributed by atoms with Crippen molar-refractivity contribution < 1.29 is 14.3 Å². The molecule has 0 aliphatic carbocycles. The van der Waals surface area contributed by atoms with Gasteiger partial charge in [-0.3, -0.25) is 4.79 Å². The minimum atomic E-state index is -0.503. The molecule has 6 nitrogen and oxygen atoms in total. The highest BCUT2D eigenvalue weighted by molar-refractivity contribution is 9.11. The molecule has 1 aromatic heterocycles. The molecule has 0 saturated carbocycles. The second-order valence-corrected chi connectivity index (χ2v) is 11.4. The van der Waals surface area contributed by atoms with E-state index in [9.17, 15) is 9.59 Å². The molecule has 4 aromatic carbocycles. The molecule has 194 valence electrons. The Labute approximate surface area is 249 Å². The Balaban J connectivity index is 1.44. The summed E-state index contributed by atoms with van der Waals surface area (Å²) in [7, 11) is 0. The van der Waals surface area contributed by atoms with Crippen LogP contribution in [-0.2, 0) is 0 Å². The molecule has 0 saturated heterocycles. The third-order valence-corrected chi connectivity index (χ3v) is 7.45. The van der Waals surface area contributed by atoms with Crippen LogP contribution in [0.4, 0.5) is 0 Å². The van der Waals surface area contributed by atoms with Gasteiger partial charge in [0.05, 0.1) is 16.3 Å². The van der Waals surface area contributed by atoms with Crippen molar-refractivity contribution in [3.05, 3.63) is 121 Å². The molecule has 0 bridgehead atoms. The molecule has 1 amide bonds. The number of H-pyrrole nitrogens is 1. The quantitative estimate of drug-likeness (QED) is 0.0804. The fraction of sp³-hybridized carbons (Fsp3) is 0.0333. The molecule has 0 radical (unpaired) electrons. The van der Waals surface area contributed by atoms with E-state index in [0.29, 0.717) is 21.3 Å². The summed E-state index contributed by atoms with van der Waals surface area (Å²) in [5.74, 6) is -0.634. The Bertz CT molecular complexity index is 1750. The van der Waals surface area contributed by atoms with Gasteiger partial charge in [0.2, 0.25) is 0 Å². The fourth-order valence-corrected chi connectivity index (χ4v) is 5.86. The van der Waals surface area contributed by atoms with Crippen LogP contribution in [0.2, 0.25) is 0 Å². The molecule has 9 heteroatoms. The molecule has 39 heavy (non-hydrogen) atoms. The number of nitrogens with one attached hydrogen (secondary N) is 2. The number of hydrazone groups is 1. The first kappa shape index (κ1) is 27.1. The SMILES string of the molecule is Cc1cccc(C(=O)Oc2c(Br)cc(Br)cc2C=NNC(=O)c2[nH]c3ccc(Br)cc3c2-c2ccccc2)c1. The van der Waals surface area contributed by atoms with E-state index in [1.165, 1.54) is 6.21 Å². The Morgan fingerprint density at radius 2 is 1.69 bits per heavy atom. The minimum absolute atomic E-state index is 0.281. The maximum absolute atomic E-state index is 13.3. The van der Waals surface area contributed by atoms with Crippen LogP contribution in [0.1, 0.15) is 32.0 Å². The van der Waals surface area contributed by atoms with E-state index in [-0.39, 0.29) is 5.75 Å². The zero-order valence-corrected chi connectivity index (χ0v) is 25.2. The number of aromatic nitrogens is 1. The summed E-state index contributed by atoms with van der Waals surface area (Å²) in [5, 5.41) is 5.10. The smallest absolute Gasteiger partial charge is 0.343 e. The van der Waals surface area contributed by atoms with Crippen molar-refractivity contribution in [3.63, 3.8) is 0 Å². The lowest BCUT2D eigenvalue weighted by molar-refractivity contribution is 0.0732. The maximum Gasteiger partial charge on any atom is 0.343 e. The van der Waals surface area contributed by atoms with Crippen LogP contribution in [0.3, 0.4) is 0 Å². The summed E-state index contributed by atoms with van der Waals surface area (Å²) in [6, 6.07) is 26.2. The Hall–Kier alpha value is -3.53. The molecule has 0 aliphatic heterocycles. The second kappa shape index (κ2) is 11.7. The van der Waals surface area contributed by atoms with E-state index in [1.54, 1.807) is 30.3 Å². The topological polar surface area (TPSA) is 83.5 Å². The predicted octanol–water partition coefficient (Wildman–Crippen LogP) is 8.41. The number of halogens is 3. The highest BCUT2D eigenvalue weighted by atomic mass is 79.9. The number of amides is 1. The highest BCUT2D eigenvalue weighted by Gasteiger charge is 2.20. The minimum Gasteiger partial charge on any atom is -0.421 e. The van der Waals surface area contributed by atoms with Crippen molar-refractivity contribution in [1.29, 1.82) is 0 Å². The van der Waals surface area contributed by atoms with Crippen molar-refractivity contribution in [2.24, 2.45) is 5.10 Å². The Morgan fingerprint density at radius 3 is 2.46 bits per heavy atom. The lowest BCUT2D eigenvalue weighted by Gasteiger charge is -2.11. The van der Waals surface area contributed by atoms with Gasteiger partial charge in [-0.05, 0) is 70.9 Å². The summed E-state index contributed by atoms with van der Waals surface area (Å²) < 4.78 is 7.92. The molecule has 0 aliphatic rings. The number of carbonyl (C=O) groups excluding carboxylic acids is 2. The van der Waals surface area contributed by atoms with E-state index in [1.807, 2.05) is 61.5 Å². The number of aromatic amines is 1. The van der Waals surface area contributed by atoms with Gasteiger partial charge in [0.1, 0.15) is 5.69 Å². The molecule has 0 atom stereocenters. The highest BCUT2D eigenvalue weighted by Crippen LogP contribution is 2.35. The number of hydrogen-bond donors (Lipinski definition) is 2. The first-order chi connectivity index (χ1) is 18.8. The van der Waals surface area contributed by atoms with E-state index in [0.717, 1.165) is 36.5 Å². The van der Waals surface area contributed by atoms with Crippen LogP contribution < -0.4 is 10.2 Å². The number of nitrogens with zero attached hydrogens (tertiary/aromatic N) is 1. The van der Waals surface area contributed by atoms with E-state index >= 15 is 0 Å². The standard InChI is InChI=1S/C30H20Br3N3O3/c1-17-6-5-9-19(12-17)30(38)39-28-20(13-22(32)15-24(28)33)16-34-36-29(37)27-26(18-7-3-2-4-8-18)23-14-21(31)10-11-25(23)35-27/h2-16,35H,1H3,(H,36,37). The predicted molar refractivity (Wildman–Crippen MR) is 164 cm³/mol. The third-order valence-electron chi connectivity index (χ3n) is 5.91. The van der Waals surface area contributed by atoms with Gasteiger partial charge in [-0.25, -0.2) is 10.2 Å². The number of rotatable bonds is 6. The number of aryl methyl sites for hydroxylation is 1. The van der Waals surface area contributed by atoms with Gasteiger partial charge in [-0.15, -0.1) is 0 Å². The molecule has 5 rings (SSSR count). The summed E-state index contributed by atoms with van der Waals surface area (Å²) in [5.41, 5.74) is 7.36. The lowest BCUT2D eigenvalue weighted by atomic mass is 10.0. The van der Waals surface area contributed by atoms with Crippen molar-refractivity contribution in [1.82, 2.24) is 10.4 Å². The Morgan fingerprint density at radius 1 is 0.897 bits per heavy atom. The van der Waals surface area contributed by atoms with Crippen LogP contribution >= 0.6 is 47.8 Å². The van der Waals surface area contributed by atoms with Gasteiger partial charge in [-0.2, -0.15) is 5.10 Å². The van der Waals surface area contributed by atoms with E-state index < -0.39 is 11.9 Å². The number of fused-ring (bicyclic) bond motifs is 1. The fourth-order valence-electron chi connectivity index (χ4n) is 4.16. The Kier molecular flexibility index (Phi) is 8.11. The van der Waals surface area contributed by atoms with Gasteiger partial charge in [0.25, 0.3) is 5.91 Å². The number of carbonyl (C=O) groups is 2. The van der Waals surface area contributed by atoms with Crippen molar-refractivity contribution in [2.45, 2.75) is 6.92 Å². The van der Waals surface area contributed by atoms with Crippen LogP contribution in [-0.4, -0.2) is 23.1 Å². The van der Waals surface area contributed by atoms with Gasteiger partial charge in [-0.1, -0.05) is 79.9 Å². The van der Waals surface area contributed by atoms with Gasteiger partial charge in [0.15, 0.2) is 5.75 Å². The van der Waals surface area contributed by atoms with Gasteiger partial charge in [0, 0.05) is 31.0 Å². The first-order valence-electron chi connectivity index (χ1n) is 11.8. The summed E-state index contributed by atoms with van der Waals surface area (Å²) in [6.45, 7) is 1.91. The molecule has 0 fully saturated rings. The van der Waals surface area contributed by atoms with Crippen LogP contribution in [0.25, 0.3) is 22.0 Å². The van der Waals surface area contributed by atoms with Gasteiger partial charge < -0.3 is 9.72 Å².